The molecule has 0 aliphatic heterocycles. The Bertz CT molecular complexity index is 844. The van der Waals surface area contributed by atoms with Gasteiger partial charge in [-0.2, -0.15) is 4.99 Å². The Morgan fingerprint density at radius 3 is 2.86 bits per heavy atom. The molecule has 21 heavy (non-hydrogen) atoms. The van der Waals surface area contributed by atoms with Crippen molar-refractivity contribution in [3.8, 4) is 5.69 Å². The highest BCUT2D eigenvalue weighted by Crippen LogP contribution is 2.14. The zero-order valence-electron chi connectivity index (χ0n) is 11.3. The van der Waals surface area contributed by atoms with Gasteiger partial charge in [-0.1, -0.05) is 18.2 Å². The third kappa shape index (κ3) is 2.50. The van der Waals surface area contributed by atoms with E-state index in [0.717, 1.165) is 16.2 Å². The van der Waals surface area contributed by atoms with Crippen molar-refractivity contribution in [1.29, 1.82) is 0 Å². The van der Waals surface area contributed by atoms with E-state index in [9.17, 15) is 4.79 Å². The van der Waals surface area contributed by atoms with Crippen molar-refractivity contribution in [2.45, 2.75) is 6.92 Å². The molecule has 3 rings (SSSR count). The molecule has 0 bridgehead atoms. The van der Waals surface area contributed by atoms with Crippen LogP contribution < -0.4 is 10.5 Å². The number of para-hydroxylation sites is 1. The predicted molar refractivity (Wildman–Crippen MR) is 80.7 cm³/mol. The number of primary amides is 1. The number of imidazole rings is 1. The summed E-state index contributed by atoms with van der Waals surface area (Å²) < 4.78 is 2.00. The second-order valence-electron chi connectivity index (χ2n) is 4.41. The van der Waals surface area contributed by atoms with Gasteiger partial charge in [-0.15, -0.1) is 11.3 Å². The van der Waals surface area contributed by atoms with E-state index in [1.807, 2.05) is 47.2 Å². The Kier molecular flexibility index (Phi) is 3.41. The van der Waals surface area contributed by atoms with Gasteiger partial charge >= 0.3 is 0 Å². The third-order valence-electron chi connectivity index (χ3n) is 2.96. The third-order valence-corrected chi connectivity index (χ3v) is 3.90. The quantitative estimate of drug-likeness (QED) is 0.773. The highest BCUT2D eigenvalue weighted by molar-refractivity contribution is 7.07. The Hall–Kier alpha value is -2.67. The van der Waals surface area contributed by atoms with Crippen molar-refractivity contribution in [2.24, 2.45) is 10.7 Å². The van der Waals surface area contributed by atoms with Gasteiger partial charge in [0.05, 0.1) is 6.33 Å². The van der Waals surface area contributed by atoms with Crippen molar-refractivity contribution >= 4 is 23.1 Å². The van der Waals surface area contributed by atoms with Crippen molar-refractivity contribution in [3.63, 3.8) is 0 Å². The molecular weight excluding hydrogens is 286 g/mol. The first-order chi connectivity index (χ1) is 10.2. The number of carbonyl (C=O) groups excluding carboxylic acids is 1. The molecule has 3 N–H and O–H groups in total. The maximum absolute atomic E-state index is 11.3. The lowest BCUT2D eigenvalue weighted by molar-refractivity contribution is 0.0997. The van der Waals surface area contributed by atoms with E-state index in [4.69, 9.17) is 5.73 Å². The lowest BCUT2D eigenvalue weighted by Gasteiger charge is -2.05. The van der Waals surface area contributed by atoms with Crippen LogP contribution in [0.3, 0.4) is 0 Å². The average Bonchev–Trinajstić information content (AvgIpc) is 3.07. The fraction of sp³-hybridized carbons (Fsp3) is 0.0714. The van der Waals surface area contributed by atoms with E-state index in [2.05, 4.69) is 15.0 Å². The largest absolute Gasteiger partial charge is 0.364 e. The molecule has 7 heteroatoms. The summed E-state index contributed by atoms with van der Waals surface area (Å²) in [6.45, 7) is 2.00. The van der Waals surface area contributed by atoms with Crippen molar-refractivity contribution in [3.05, 3.63) is 58.2 Å². The first-order valence-corrected chi connectivity index (χ1v) is 7.15. The summed E-state index contributed by atoms with van der Waals surface area (Å²) >= 11 is 1.48. The Morgan fingerprint density at radius 2 is 2.14 bits per heavy atom. The number of nitrogens with one attached hydrogen (secondary N) is 1. The SMILES string of the molecule is Cc1cs/c(=N\c2nc[nH]c2C(N)=O)n1-c1ccccc1. The predicted octanol–water partition coefficient (Wildman–Crippen LogP) is 1.90. The molecule has 0 atom stereocenters. The summed E-state index contributed by atoms with van der Waals surface area (Å²) in [5.41, 5.74) is 7.56. The minimum atomic E-state index is -0.578. The van der Waals surface area contributed by atoms with E-state index < -0.39 is 5.91 Å². The standard InChI is InChI=1S/C14H13N5OS/c1-9-7-21-14(19(9)10-5-3-2-4-6-10)18-13-11(12(15)20)16-8-17-13/h2-8H,1H3,(H2,15,20)(H,16,17)/b18-14-. The molecule has 0 fully saturated rings. The number of benzene rings is 1. The molecule has 0 spiro atoms. The molecule has 3 aromatic rings. The van der Waals surface area contributed by atoms with Crippen molar-refractivity contribution < 1.29 is 4.79 Å². The van der Waals surface area contributed by atoms with Crippen LogP contribution in [0.25, 0.3) is 5.69 Å². The first-order valence-electron chi connectivity index (χ1n) is 6.27. The van der Waals surface area contributed by atoms with Crippen LogP contribution in [0.5, 0.6) is 0 Å². The molecule has 106 valence electrons. The summed E-state index contributed by atoms with van der Waals surface area (Å²) in [4.78, 5) is 23.3. The van der Waals surface area contributed by atoms with Crippen LogP contribution in [-0.2, 0) is 0 Å². The van der Waals surface area contributed by atoms with Gasteiger partial charge in [0.2, 0.25) is 0 Å². The number of H-pyrrole nitrogens is 1. The van der Waals surface area contributed by atoms with Crippen molar-refractivity contribution in [2.75, 3.05) is 0 Å². The normalized spacial score (nSPS) is 11.8. The van der Waals surface area contributed by atoms with Crippen LogP contribution in [0.4, 0.5) is 5.82 Å². The molecule has 0 unspecified atom stereocenters. The van der Waals surface area contributed by atoms with E-state index in [0.29, 0.717) is 5.82 Å². The Morgan fingerprint density at radius 1 is 1.38 bits per heavy atom. The number of nitrogens with two attached hydrogens (primary N) is 1. The highest BCUT2D eigenvalue weighted by atomic mass is 32.1. The van der Waals surface area contributed by atoms with Gasteiger partial charge in [-0.3, -0.25) is 9.36 Å². The van der Waals surface area contributed by atoms with Crippen LogP contribution in [0.1, 0.15) is 16.2 Å². The lowest BCUT2D eigenvalue weighted by Crippen LogP contribution is -2.15. The first kappa shape index (κ1) is 13.3. The maximum Gasteiger partial charge on any atom is 0.269 e. The zero-order valence-corrected chi connectivity index (χ0v) is 12.1. The van der Waals surface area contributed by atoms with E-state index in [1.54, 1.807) is 0 Å². The van der Waals surface area contributed by atoms with Crippen LogP contribution >= 0.6 is 11.3 Å². The monoisotopic (exact) mass is 299 g/mol. The van der Waals surface area contributed by atoms with Gasteiger partial charge in [0.15, 0.2) is 16.3 Å². The number of hydrogen-bond donors (Lipinski definition) is 2. The number of thiazole rings is 1. The minimum absolute atomic E-state index is 0.209. The molecule has 0 aliphatic carbocycles. The van der Waals surface area contributed by atoms with Gasteiger partial charge in [-0.25, -0.2) is 4.98 Å². The second-order valence-corrected chi connectivity index (χ2v) is 5.24. The van der Waals surface area contributed by atoms with Gasteiger partial charge in [0.1, 0.15) is 0 Å². The number of hydrogen-bond acceptors (Lipinski definition) is 4. The average molecular weight is 299 g/mol. The number of rotatable bonds is 3. The summed E-state index contributed by atoms with van der Waals surface area (Å²) in [5, 5.41) is 2.00. The fourth-order valence-corrected chi connectivity index (χ4v) is 2.88. The number of aryl methyl sites for hydroxylation is 1. The van der Waals surface area contributed by atoms with Crippen LogP contribution in [0.2, 0.25) is 0 Å². The fourth-order valence-electron chi connectivity index (χ4n) is 2.01. The smallest absolute Gasteiger partial charge is 0.269 e. The number of nitrogens with zero attached hydrogens (tertiary/aromatic N) is 3. The van der Waals surface area contributed by atoms with Gasteiger partial charge < -0.3 is 10.7 Å². The molecule has 0 aliphatic rings. The molecule has 1 amide bonds. The molecule has 2 aromatic heterocycles. The van der Waals surface area contributed by atoms with Crippen LogP contribution in [-0.4, -0.2) is 20.4 Å². The second kappa shape index (κ2) is 5.37. The summed E-state index contributed by atoms with van der Waals surface area (Å²) in [6, 6.07) is 9.89. The Labute approximate surface area is 124 Å². The molecular formula is C14H13N5OS. The van der Waals surface area contributed by atoms with Gasteiger partial charge in [-0.05, 0) is 19.1 Å². The number of aromatic nitrogens is 3. The number of aromatic amines is 1. The van der Waals surface area contributed by atoms with Crippen LogP contribution in [0.15, 0.2) is 47.0 Å². The maximum atomic E-state index is 11.3. The van der Waals surface area contributed by atoms with E-state index in [1.165, 1.54) is 17.7 Å². The number of carbonyl (C=O) groups is 1. The van der Waals surface area contributed by atoms with Gasteiger partial charge in [0, 0.05) is 16.8 Å². The van der Waals surface area contributed by atoms with E-state index >= 15 is 0 Å². The lowest BCUT2D eigenvalue weighted by atomic mass is 10.3. The van der Waals surface area contributed by atoms with Crippen LogP contribution in [0, 0.1) is 6.92 Å². The van der Waals surface area contributed by atoms with E-state index in [-0.39, 0.29) is 5.69 Å². The van der Waals surface area contributed by atoms with Gasteiger partial charge in [0.25, 0.3) is 5.91 Å². The molecule has 0 saturated carbocycles. The Balaban J connectivity index is 2.18. The minimum Gasteiger partial charge on any atom is -0.364 e. The summed E-state index contributed by atoms with van der Waals surface area (Å²) in [6.07, 6.45) is 1.41. The summed E-state index contributed by atoms with van der Waals surface area (Å²) in [7, 11) is 0. The molecule has 2 heterocycles. The number of amides is 1. The summed E-state index contributed by atoms with van der Waals surface area (Å²) in [5.74, 6) is -0.278. The molecule has 0 saturated heterocycles. The topological polar surface area (TPSA) is 89.1 Å². The molecule has 0 radical (unpaired) electrons. The van der Waals surface area contributed by atoms with Crippen molar-refractivity contribution in [1.82, 2.24) is 14.5 Å². The molecule has 1 aromatic carbocycles. The zero-order chi connectivity index (χ0) is 14.8. The molecule has 6 nitrogen and oxygen atoms in total. The highest BCUT2D eigenvalue weighted by Gasteiger charge is 2.11.